The monoisotopic (exact) mass is 338 g/mol. The van der Waals surface area contributed by atoms with Crippen LogP contribution in [0, 0.1) is 5.82 Å². The normalized spacial score (nSPS) is 10.6. The molecule has 0 saturated carbocycles. The number of halogens is 2. The maximum absolute atomic E-state index is 13.1. The Morgan fingerprint density at radius 2 is 2.14 bits per heavy atom. The summed E-state index contributed by atoms with van der Waals surface area (Å²) in [6.45, 7) is 0. The Balaban J connectivity index is 1.78. The topological polar surface area (TPSA) is 42.0 Å². The van der Waals surface area contributed by atoms with E-state index in [9.17, 15) is 9.18 Å². The number of thiazole rings is 1. The van der Waals surface area contributed by atoms with Gasteiger partial charge in [-0.15, -0.1) is 22.7 Å². The fourth-order valence-electron chi connectivity index (χ4n) is 1.66. The Morgan fingerprint density at radius 1 is 1.29 bits per heavy atom. The molecule has 0 spiro atoms. The molecule has 1 amide bonds. The van der Waals surface area contributed by atoms with Crippen molar-refractivity contribution < 1.29 is 9.18 Å². The third kappa shape index (κ3) is 3.12. The predicted octanol–water partition coefficient (Wildman–Crippen LogP) is 4.92. The SMILES string of the molecule is O=C(Nc1ccc(F)c(Cl)c1)c1csc(-c2cccs2)n1. The van der Waals surface area contributed by atoms with Crippen LogP contribution in [0.2, 0.25) is 5.02 Å². The number of nitrogens with zero attached hydrogens (tertiary/aromatic N) is 1. The van der Waals surface area contributed by atoms with Crippen molar-refractivity contribution >= 4 is 45.9 Å². The van der Waals surface area contributed by atoms with E-state index in [0.29, 0.717) is 11.4 Å². The van der Waals surface area contributed by atoms with E-state index in [1.54, 1.807) is 16.7 Å². The van der Waals surface area contributed by atoms with Crippen molar-refractivity contribution in [3.05, 3.63) is 57.6 Å². The number of rotatable bonds is 3. The van der Waals surface area contributed by atoms with E-state index < -0.39 is 5.82 Å². The van der Waals surface area contributed by atoms with Crippen LogP contribution in [0.3, 0.4) is 0 Å². The van der Waals surface area contributed by atoms with Crippen LogP contribution in [0.1, 0.15) is 10.5 Å². The Hall–Kier alpha value is -1.76. The van der Waals surface area contributed by atoms with Crippen molar-refractivity contribution in [1.29, 1.82) is 0 Å². The molecule has 0 aliphatic heterocycles. The van der Waals surface area contributed by atoms with Gasteiger partial charge >= 0.3 is 0 Å². The van der Waals surface area contributed by atoms with Gasteiger partial charge in [0.2, 0.25) is 0 Å². The molecule has 0 bridgehead atoms. The fraction of sp³-hybridized carbons (Fsp3) is 0. The third-order valence-electron chi connectivity index (χ3n) is 2.65. The van der Waals surface area contributed by atoms with Crippen molar-refractivity contribution in [2.75, 3.05) is 5.32 Å². The molecule has 2 heterocycles. The summed E-state index contributed by atoms with van der Waals surface area (Å²) in [5.74, 6) is -0.875. The second-order valence-corrected chi connectivity index (χ2v) is 6.31. The van der Waals surface area contributed by atoms with Crippen molar-refractivity contribution in [2.45, 2.75) is 0 Å². The van der Waals surface area contributed by atoms with E-state index in [0.717, 1.165) is 9.88 Å². The number of nitrogens with one attached hydrogen (secondary N) is 1. The standard InChI is InChI=1S/C14H8ClFN2OS2/c15-9-6-8(3-4-10(9)16)17-13(19)11-7-21-14(18-11)12-2-1-5-20-12/h1-7H,(H,17,19). The average molecular weight is 339 g/mol. The van der Waals surface area contributed by atoms with Crippen LogP contribution < -0.4 is 5.32 Å². The largest absolute Gasteiger partial charge is 0.321 e. The van der Waals surface area contributed by atoms with Crippen molar-refractivity contribution in [2.24, 2.45) is 0 Å². The second kappa shape index (κ2) is 5.93. The van der Waals surface area contributed by atoms with Crippen LogP contribution in [0.5, 0.6) is 0 Å². The van der Waals surface area contributed by atoms with E-state index in [1.807, 2.05) is 17.5 Å². The Bertz CT molecular complexity index is 786. The molecule has 1 N–H and O–H groups in total. The summed E-state index contributed by atoms with van der Waals surface area (Å²) in [5.41, 5.74) is 0.751. The number of carbonyl (C=O) groups excluding carboxylic acids is 1. The van der Waals surface area contributed by atoms with Gasteiger partial charge in [0.15, 0.2) is 0 Å². The molecule has 0 saturated heterocycles. The first-order valence-electron chi connectivity index (χ1n) is 5.89. The zero-order valence-corrected chi connectivity index (χ0v) is 12.9. The van der Waals surface area contributed by atoms with E-state index in [1.165, 1.54) is 29.5 Å². The summed E-state index contributed by atoms with van der Waals surface area (Å²) >= 11 is 8.65. The summed E-state index contributed by atoms with van der Waals surface area (Å²) < 4.78 is 13.1. The number of anilines is 1. The van der Waals surface area contributed by atoms with Crippen LogP contribution in [0.15, 0.2) is 41.1 Å². The lowest BCUT2D eigenvalue weighted by molar-refractivity contribution is 0.102. The average Bonchev–Trinajstić information content (AvgIpc) is 3.12. The highest BCUT2D eigenvalue weighted by Crippen LogP contribution is 2.28. The molecule has 3 rings (SSSR count). The van der Waals surface area contributed by atoms with E-state index >= 15 is 0 Å². The molecule has 106 valence electrons. The number of aromatic nitrogens is 1. The number of hydrogen-bond acceptors (Lipinski definition) is 4. The Kier molecular flexibility index (Phi) is 4.01. The minimum Gasteiger partial charge on any atom is -0.321 e. The number of thiophene rings is 1. The molecule has 7 heteroatoms. The fourth-order valence-corrected chi connectivity index (χ4v) is 3.46. The lowest BCUT2D eigenvalue weighted by atomic mass is 10.3. The van der Waals surface area contributed by atoms with Gasteiger partial charge < -0.3 is 5.32 Å². The third-order valence-corrected chi connectivity index (χ3v) is 4.82. The molecule has 2 aromatic heterocycles. The molecule has 0 unspecified atom stereocenters. The highest BCUT2D eigenvalue weighted by atomic mass is 35.5. The smallest absolute Gasteiger partial charge is 0.275 e. The van der Waals surface area contributed by atoms with Gasteiger partial charge in [-0.3, -0.25) is 4.79 Å². The van der Waals surface area contributed by atoms with Crippen LogP contribution >= 0.6 is 34.3 Å². The van der Waals surface area contributed by atoms with Gasteiger partial charge in [0, 0.05) is 11.1 Å². The number of carbonyl (C=O) groups is 1. The van der Waals surface area contributed by atoms with Crippen LogP contribution in [0.4, 0.5) is 10.1 Å². The zero-order chi connectivity index (χ0) is 14.8. The lowest BCUT2D eigenvalue weighted by Crippen LogP contribution is -2.12. The van der Waals surface area contributed by atoms with Gasteiger partial charge in [0.1, 0.15) is 16.5 Å². The van der Waals surface area contributed by atoms with Gasteiger partial charge in [-0.1, -0.05) is 17.7 Å². The minimum absolute atomic E-state index is 0.0367. The maximum atomic E-state index is 13.1. The molecule has 1 aromatic carbocycles. The van der Waals surface area contributed by atoms with Gasteiger partial charge in [0.05, 0.1) is 9.90 Å². The highest BCUT2D eigenvalue weighted by Gasteiger charge is 2.13. The first-order valence-corrected chi connectivity index (χ1v) is 8.03. The first-order chi connectivity index (χ1) is 10.1. The molecular formula is C14H8ClFN2OS2. The maximum Gasteiger partial charge on any atom is 0.275 e. The van der Waals surface area contributed by atoms with Crippen LogP contribution in [-0.4, -0.2) is 10.9 Å². The quantitative estimate of drug-likeness (QED) is 0.736. The number of hydrogen-bond donors (Lipinski definition) is 1. The predicted molar refractivity (Wildman–Crippen MR) is 84.8 cm³/mol. The highest BCUT2D eigenvalue weighted by molar-refractivity contribution is 7.20. The Morgan fingerprint density at radius 3 is 2.86 bits per heavy atom. The summed E-state index contributed by atoms with van der Waals surface area (Å²) in [5, 5.41) is 7.05. The lowest BCUT2D eigenvalue weighted by Gasteiger charge is -2.03. The summed E-state index contributed by atoms with van der Waals surface area (Å²) in [4.78, 5) is 17.4. The zero-order valence-electron chi connectivity index (χ0n) is 10.5. The van der Waals surface area contributed by atoms with Crippen molar-refractivity contribution in [3.8, 4) is 9.88 Å². The molecule has 0 atom stereocenters. The molecule has 3 aromatic rings. The van der Waals surface area contributed by atoms with Gasteiger partial charge in [0.25, 0.3) is 5.91 Å². The van der Waals surface area contributed by atoms with E-state index in [4.69, 9.17) is 11.6 Å². The number of amides is 1. The summed E-state index contributed by atoms with van der Waals surface area (Å²) in [6, 6.07) is 7.90. The van der Waals surface area contributed by atoms with Gasteiger partial charge in [-0.2, -0.15) is 0 Å². The molecule has 0 radical (unpaired) electrons. The van der Waals surface area contributed by atoms with E-state index in [2.05, 4.69) is 10.3 Å². The minimum atomic E-state index is -0.525. The first kappa shape index (κ1) is 14.2. The van der Waals surface area contributed by atoms with Gasteiger partial charge in [-0.05, 0) is 29.6 Å². The van der Waals surface area contributed by atoms with Crippen molar-refractivity contribution in [1.82, 2.24) is 4.98 Å². The molecular weight excluding hydrogens is 331 g/mol. The van der Waals surface area contributed by atoms with Crippen LogP contribution in [0.25, 0.3) is 9.88 Å². The molecule has 0 aliphatic carbocycles. The van der Waals surface area contributed by atoms with E-state index in [-0.39, 0.29) is 10.9 Å². The molecule has 3 nitrogen and oxygen atoms in total. The van der Waals surface area contributed by atoms with Crippen LogP contribution in [-0.2, 0) is 0 Å². The molecule has 0 fully saturated rings. The Labute approximate surface area is 133 Å². The molecule has 0 aliphatic rings. The second-order valence-electron chi connectivity index (χ2n) is 4.10. The number of benzene rings is 1. The van der Waals surface area contributed by atoms with Crippen molar-refractivity contribution in [3.63, 3.8) is 0 Å². The summed E-state index contributed by atoms with van der Waals surface area (Å²) in [7, 11) is 0. The summed E-state index contributed by atoms with van der Waals surface area (Å²) in [6.07, 6.45) is 0. The van der Waals surface area contributed by atoms with Gasteiger partial charge in [-0.25, -0.2) is 9.37 Å². The molecule has 21 heavy (non-hydrogen) atoms.